The van der Waals surface area contributed by atoms with Crippen LogP contribution >= 0.6 is 0 Å². The molecule has 0 fully saturated rings. The monoisotopic (exact) mass is 468 g/mol. The predicted octanol–water partition coefficient (Wildman–Crippen LogP) is 4.45. The van der Waals surface area contributed by atoms with Crippen molar-refractivity contribution >= 4 is 42.9 Å². The summed E-state index contributed by atoms with van der Waals surface area (Å²) in [6, 6.07) is 5.43. The Labute approximate surface area is 183 Å². The predicted molar refractivity (Wildman–Crippen MR) is 126 cm³/mol. The Kier molecular flexibility index (Phi) is 8.82. The third-order valence-corrected chi connectivity index (χ3v) is 5.94. The van der Waals surface area contributed by atoms with Gasteiger partial charge in [0.2, 0.25) is 25.0 Å². The number of hydrogen-bond acceptors (Lipinski definition) is 6. The molecular formula is C21H36O6Si3. The Morgan fingerprint density at radius 2 is 0.733 bits per heavy atom. The number of hydrogen-bond donors (Lipinski definition) is 0. The van der Waals surface area contributed by atoms with Crippen molar-refractivity contribution in [1.82, 2.24) is 0 Å². The van der Waals surface area contributed by atoms with Gasteiger partial charge in [0.05, 0.1) is 19.3 Å². The van der Waals surface area contributed by atoms with Crippen LogP contribution in [-0.2, 0) is 46.9 Å². The molecule has 30 heavy (non-hydrogen) atoms. The molecule has 0 radical (unpaired) electrons. The van der Waals surface area contributed by atoms with Crippen LogP contribution in [0.15, 0.2) is 18.2 Å². The summed E-state index contributed by atoms with van der Waals surface area (Å²) in [7, 11) is -5.99. The third-order valence-electron chi connectivity index (χ3n) is 3.42. The second kappa shape index (κ2) is 10.1. The molecule has 9 heteroatoms. The van der Waals surface area contributed by atoms with E-state index in [0.29, 0.717) is 16.7 Å². The minimum Gasteiger partial charge on any atom is -0.520 e. The second-order valence-electron chi connectivity index (χ2n) is 10.4. The third kappa shape index (κ3) is 12.1. The van der Waals surface area contributed by atoms with E-state index in [-0.39, 0.29) is 37.2 Å². The highest BCUT2D eigenvalue weighted by Crippen LogP contribution is 2.17. The average molecular weight is 469 g/mol. The molecule has 168 valence electrons. The van der Waals surface area contributed by atoms with Gasteiger partial charge in [0.15, 0.2) is 0 Å². The summed E-state index contributed by atoms with van der Waals surface area (Å²) in [5.74, 6) is -0.898. The van der Waals surface area contributed by atoms with Gasteiger partial charge in [-0.15, -0.1) is 0 Å². The lowest BCUT2D eigenvalue weighted by molar-refractivity contribution is -0.135. The van der Waals surface area contributed by atoms with Crippen LogP contribution in [0.25, 0.3) is 0 Å². The lowest BCUT2D eigenvalue weighted by atomic mass is 10.00. The minimum absolute atomic E-state index is 0.0945. The lowest BCUT2D eigenvalue weighted by Crippen LogP contribution is -2.30. The van der Waals surface area contributed by atoms with E-state index >= 15 is 0 Å². The first kappa shape index (κ1) is 26.3. The molecular weight excluding hydrogens is 432 g/mol. The summed E-state index contributed by atoms with van der Waals surface area (Å²) in [5.41, 5.74) is 2.15. The molecule has 6 nitrogen and oxygen atoms in total. The topological polar surface area (TPSA) is 78.9 Å². The van der Waals surface area contributed by atoms with Crippen LogP contribution in [-0.4, -0.2) is 42.9 Å². The molecule has 0 bridgehead atoms. The Hall–Kier alpha value is -1.72. The van der Waals surface area contributed by atoms with Crippen molar-refractivity contribution < 1.29 is 27.7 Å². The van der Waals surface area contributed by atoms with Gasteiger partial charge in [0.25, 0.3) is 17.9 Å². The van der Waals surface area contributed by atoms with Gasteiger partial charge in [-0.25, -0.2) is 0 Å². The Bertz CT molecular complexity index is 668. The van der Waals surface area contributed by atoms with Crippen LogP contribution in [0.4, 0.5) is 0 Å². The summed E-state index contributed by atoms with van der Waals surface area (Å²) in [5, 5.41) is 0. The van der Waals surface area contributed by atoms with Crippen molar-refractivity contribution in [3.8, 4) is 0 Å². The van der Waals surface area contributed by atoms with E-state index < -0.39 is 25.0 Å². The molecule has 0 aromatic heterocycles. The fraction of sp³-hybridized carbons (Fsp3) is 0.571. The first-order valence-corrected chi connectivity index (χ1v) is 20.4. The Balaban J connectivity index is 3.09. The normalized spacial score (nSPS) is 12.3. The van der Waals surface area contributed by atoms with Crippen molar-refractivity contribution in [2.24, 2.45) is 0 Å². The highest BCUT2D eigenvalue weighted by Gasteiger charge is 2.23. The summed E-state index contributed by atoms with van der Waals surface area (Å²) in [6.45, 7) is 17.5. The van der Waals surface area contributed by atoms with Crippen molar-refractivity contribution in [3.63, 3.8) is 0 Å². The standard InChI is InChI=1S/C21H36O6Si3/c1-28(2,3)25-19(22)13-16-10-17(14-20(23)26-29(4,5)6)12-18(11-16)15-21(24)27-30(7,8)9/h10-12H,13-15H2,1-9H3. The van der Waals surface area contributed by atoms with Gasteiger partial charge in [-0.1, -0.05) is 18.2 Å². The molecule has 1 rings (SSSR count). The van der Waals surface area contributed by atoms with Gasteiger partial charge >= 0.3 is 0 Å². The molecule has 1 aromatic carbocycles. The first-order chi connectivity index (χ1) is 13.4. The summed E-state index contributed by atoms with van der Waals surface area (Å²) >= 11 is 0. The summed E-state index contributed by atoms with van der Waals surface area (Å²) in [6.07, 6.45) is 0.283. The lowest BCUT2D eigenvalue weighted by Gasteiger charge is -2.19. The number of benzene rings is 1. The van der Waals surface area contributed by atoms with Crippen LogP contribution in [0, 0.1) is 0 Å². The van der Waals surface area contributed by atoms with Crippen LogP contribution in [0.2, 0.25) is 58.9 Å². The highest BCUT2D eigenvalue weighted by molar-refractivity contribution is 6.72. The van der Waals surface area contributed by atoms with Crippen molar-refractivity contribution in [2.45, 2.75) is 78.2 Å². The molecule has 0 aliphatic rings. The fourth-order valence-corrected chi connectivity index (χ4v) is 5.04. The quantitative estimate of drug-likeness (QED) is 0.498. The molecule has 0 saturated heterocycles. The van der Waals surface area contributed by atoms with E-state index in [4.69, 9.17) is 13.3 Å². The molecule has 0 aliphatic heterocycles. The zero-order chi connectivity index (χ0) is 23.3. The average Bonchev–Trinajstić information content (AvgIpc) is 2.39. The number of carbonyl (C=O) groups excluding carboxylic acids is 3. The SMILES string of the molecule is C[Si](C)(C)OC(=O)Cc1cc(CC(=O)O[Si](C)(C)C)cc(CC(=O)O[Si](C)(C)C)c1. The maximum Gasteiger partial charge on any atom is 0.296 e. The summed E-state index contributed by atoms with van der Waals surface area (Å²) < 4.78 is 16.6. The van der Waals surface area contributed by atoms with Gasteiger partial charge in [-0.05, 0) is 75.6 Å². The van der Waals surface area contributed by atoms with Crippen molar-refractivity contribution in [3.05, 3.63) is 34.9 Å². The molecule has 0 atom stereocenters. The van der Waals surface area contributed by atoms with Gasteiger partial charge in [0.1, 0.15) is 0 Å². The van der Waals surface area contributed by atoms with E-state index in [1.54, 1.807) is 0 Å². The van der Waals surface area contributed by atoms with E-state index in [1.165, 1.54) is 0 Å². The molecule has 1 aromatic rings. The van der Waals surface area contributed by atoms with Crippen molar-refractivity contribution in [1.29, 1.82) is 0 Å². The fourth-order valence-electron chi connectivity index (χ4n) is 2.78. The van der Waals surface area contributed by atoms with Gasteiger partial charge in [-0.2, -0.15) is 0 Å². The van der Waals surface area contributed by atoms with Gasteiger partial charge in [0, 0.05) is 0 Å². The molecule has 0 amide bonds. The van der Waals surface area contributed by atoms with Crippen molar-refractivity contribution in [2.75, 3.05) is 0 Å². The maximum absolute atomic E-state index is 12.3. The second-order valence-corrected chi connectivity index (χ2v) is 23.7. The molecule has 0 N–H and O–H groups in total. The molecule has 0 spiro atoms. The Morgan fingerprint density at radius 3 is 0.900 bits per heavy atom. The zero-order valence-corrected chi connectivity index (χ0v) is 22.8. The van der Waals surface area contributed by atoms with E-state index in [2.05, 4.69) is 0 Å². The van der Waals surface area contributed by atoms with E-state index in [9.17, 15) is 14.4 Å². The molecule has 0 saturated carbocycles. The van der Waals surface area contributed by atoms with E-state index in [0.717, 1.165) is 0 Å². The van der Waals surface area contributed by atoms with Gasteiger partial charge in [-0.3, -0.25) is 14.4 Å². The molecule has 0 heterocycles. The van der Waals surface area contributed by atoms with E-state index in [1.807, 2.05) is 77.1 Å². The maximum atomic E-state index is 12.3. The largest absolute Gasteiger partial charge is 0.520 e. The van der Waals surface area contributed by atoms with Crippen LogP contribution in [0.3, 0.4) is 0 Å². The molecule has 0 aliphatic carbocycles. The van der Waals surface area contributed by atoms with Gasteiger partial charge < -0.3 is 13.3 Å². The minimum atomic E-state index is -2.00. The number of carbonyl (C=O) groups is 3. The number of rotatable bonds is 9. The van der Waals surface area contributed by atoms with Crippen LogP contribution in [0.5, 0.6) is 0 Å². The summed E-state index contributed by atoms with van der Waals surface area (Å²) in [4.78, 5) is 36.9. The highest BCUT2D eigenvalue weighted by atomic mass is 28.4. The van der Waals surface area contributed by atoms with Crippen LogP contribution < -0.4 is 0 Å². The smallest absolute Gasteiger partial charge is 0.296 e. The Morgan fingerprint density at radius 1 is 0.533 bits per heavy atom. The first-order valence-electron chi connectivity index (χ1n) is 10.2. The van der Waals surface area contributed by atoms with Crippen LogP contribution in [0.1, 0.15) is 16.7 Å². The zero-order valence-electron chi connectivity index (χ0n) is 19.8. The molecule has 0 unspecified atom stereocenters.